The van der Waals surface area contributed by atoms with Crippen molar-refractivity contribution in [3.63, 3.8) is 0 Å². The number of fused-ring (bicyclic) bond motifs is 1. The molecule has 2 aromatic rings. The maximum absolute atomic E-state index is 13.2. The lowest BCUT2D eigenvalue weighted by Crippen LogP contribution is -2.40. The Balaban J connectivity index is 1.83. The van der Waals surface area contributed by atoms with E-state index in [1.54, 1.807) is 0 Å². The van der Waals surface area contributed by atoms with Gasteiger partial charge in [-0.2, -0.15) is 0 Å². The summed E-state index contributed by atoms with van der Waals surface area (Å²) in [6.07, 6.45) is 1.44. The van der Waals surface area contributed by atoms with Crippen molar-refractivity contribution in [1.82, 2.24) is 4.90 Å². The van der Waals surface area contributed by atoms with Crippen LogP contribution < -0.4 is 0 Å². The van der Waals surface area contributed by atoms with Gasteiger partial charge in [-0.3, -0.25) is 4.79 Å². The second kappa shape index (κ2) is 8.05. The van der Waals surface area contributed by atoms with Gasteiger partial charge in [0.25, 0.3) is 0 Å². The van der Waals surface area contributed by atoms with Gasteiger partial charge in [0.05, 0.1) is 0 Å². The monoisotopic (exact) mass is 351 g/mol. The average Bonchev–Trinajstić information content (AvgIpc) is 3.06. The predicted octanol–water partition coefficient (Wildman–Crippen LogP) is 3.92. The van der Waals surface area contributed by atoms with Gasteiger partial charge < -0.3 is 9.64 Å². The third-order valence-corrected chi connectivity index (χ3v) is 5.60. The quantitative estimate of drug-likeness (QED) is 0.708. The minimum absolute atomic E-state index is 0.0929. The lowest BCUT2D eigenvalue weighted by molar-refractivity contribution is -0.150. The minimum atomic E-state index is -0.597. The van der Waals surface area contributed by atoms with Crippen LogP contribution in [-0.2, 0) is 27.8 Å². The van der Waals surface area contributed by atoms with Gasteiger partial charge in [0.15, 0.2) is 0 Å². The van der Waals surface area contributed by atoms with Gasteiger partial charge in [-0.15, -0.1) is 0 Å². The fraction of sp³-hybridized carbons (Fsp3) is 0.435. The molecule has 3 rings (SSSR count). The molecule has 0 spiro atoms. The number of likely N-dealkylation sites (N-methyl/N-ethyl adjacent to an activating group) is 1. The summed E-state index contributed by atoms with van der Waals surface area (Å²) < 4.78 is 5.80. The molecule has 0 bridgehead atoms. The Labute approximate surface area is 157 Å². The highest BCUT2D eigenvalue weighted by Crippen LogP contribution is 2.41. The molecule has 0 saturated heterocycles. The number of ether oxygens (including phenoxy) is 1. The Kier molecular flexibility index (Phi) is 5.77. The lowest BCUT2D eigenvalue weighted by Gasteiger charge is -2.28. The Hall–Kier alpha value is -2.13. The smallest absolute Gasteiger partial charge is 0.317 e. The molecule has 1 unspecified atom stereocenters. The van der Waals surface area contributed by atoms with E-state index in [1.807, 2.05) is 18.2 Å². The zero-order valence-corrected chi connectivity index (χ0v) is 16.1. The highest BCUT2D eigenvalue weighted by molar-refractivity contribution is 5.85. The van der Waals surface area contributed by atoms with E-state index in [0.717, 1.165) is 38.0 Å². The van der Waals surface area contributed by atoms with Crippen LogP contribution in [0, 0.1) is 6.92 Å². The van der Waals surface area contributed by atoms with Gasteiger partial charge in [-0.1, -0.05) is 67.9 Å². The molecule has 3 heteroatoms. The zero-order chi connectivity index (χ0) is 18.6. The summed E-state index contributed by atoms with van der Waals surface area (Å²) in [5.41, 5.74) is 4.24. The summed E-state index contributed by atoms with van der Waals surface area (Å²) in [6.45, 7) is 9.55. The van der Waals surface area contributed by atoms with E-state index in [2.05, 4.69) is 56.0 Å². The molecule has 1 atom stereocenters. The molecule has 2 aromatic carbocycles. The Morgan fingerprint density at radius 1 is 1.04 bits per heavy atom. The van der Waals surface area contributed by atoms with E-state index in [0.29, 0.717) is 6.61 Å². The largest absolute Gasteiger partial charge is 0.464 e. The van der Waals surface area contributed by atoms with Gasteiger partial charge >= 0.3 is 5.97 Å². The number of aryl methyl sites for hydroxylation is 1. The van der Waals surface area contributed by atoms with Crippen molar-refractivity contribution in [2.75, 3.05) is 26.2 Å². The lowest BCUT2D eigenvalue weighted by atomic mass is 9.78. The molecule has 0 radical (unpaired) electrons. The van der Waals surface area contributed by atoms with Crippen molar-refractivity contribution in [1.29, 1.82) is 0 Å². The summed E-state index contributed by atoms with van der Waals surface area (Å²) in [5, 5.41) is 0. The Morgan fingerprint density at radius 2 is 1.73 bits per heavy atom. The van der Waals surface area contributed by atoms with Crippen LogP contribution >= 0.6 is 0 Å². The first-order chi connectivity index (χ1) is 12.6. The molecule has 0 saturated carbocycles. The highest BCUT2D eigenvalue weighted by Gasteiger charge is 2.46. The van der Waals surface area contributed by atoms with E-state index in [1.165, 1.54) is 16.7 Å². The summed E-state index contributed by atoms with van der Waals surface area (Å²) in [7, 11) is 0. The van der Waals surface area contributed by atoms with Crippen LogP contribution in [0.3, 0.4) is 0 Å². The maximum atomic E-state index is 13.2. The van der Waals surface area contributed by atoms with Gasteiger partial charge in [0.1, 0.15) is 12.0 Å². The van der Waals surface area contributed by atoms with Crippen LogP contribution in [-0.4, -0.2) is 37.1 Å². The van der Waals surface area contributed by atoms with Crippen molar-refractivity contribution < 1.29 is 9.53 Å². The topological polar surface area (TPSA) is 29.5 Å². The van der Waals surface area contributed by atoms with E-state index >= 15 is 0 Å². The summed E-state index contributed by atoms with van der Waals surface area (Å²) in [6, 6.07) is 16.6. The van der Waals surface area contributed by atoms with E-state index in [4.69, 9.17) is 4.74 Å². The van der Waals surface area contributed by atoms with Gasteiger partial charge in [0.2, 0.25) is 0 Å². The number of carbonyl (C=O) groups is 1. The molecule has 0 N–H and O–H groups in total. The summed E-state index contributed by atoms with van der Waals surface area (Å²) in [5.74, 6) is -0.0929. The first kappa shape index (κ1) is 18.7. The van der Waals surface area contributed by atoms with E-state index < -0.39 is 5.41 Å². The van der Waals surface area contributed by atoms with Gasteiger partial charge in [0, 0.05) is 6.54 Å². The molecule has 0 aliphatic heterocycles. The van der Waals surface area contributed by atoms with Crippen molar-refractivity contribution in [3.05, 3.63) is 70.8 Å². The SMILES string of the molecule is CCN(CC)CCOC(=O)C1(c2ccccc2)Cc2ccc(C)cc2C1. The number of esters is 1. The van der Waals surface area contributed by atoms with Crippen LogP contribution in [0.2, 0.25) is 0 Å². The number of hydrogen-bond acceptors (Lipinski definition) is 3. The molecule has 1 aliphatic rings. The number of hydrogen-bond donors (Lipinski definition) is 0. The normalized spacial score (nSPS) is 18.8. The summed E-state index contributed by atoms with van der Waals surface area (Å²) >= 11 is 0. The van der Waals surface area contributed by atoms with Crippen molar-refractivity contribution in [2.24, 2.45) is 0 Å². The summed E-state index contributed by atoms with van der Waals surface area (Å²) in [4.78, 5) is 15.5. The number of nitrogens with zero attached hydrogens (tertiary/aromatic N) is 1. The molecule has 0 fully saturated rings. The first-order valence-corrected chi connectivity index (χ1v) is 9.62. The minimum Gasteiger partial charge on any atom is -0.464 e. The van der Waals surface area contributed by atoms with E-state index in [-0.39, 0.29) is 5.97 Å². The van der Waals surface area contributed by atoms with Gasteiger partial charge in [-0.05, 0) is 49.5 Å². The Morgan fingerprint density at radius 3 is 2.42 bits per heavy atom. The molecule has 1 aliphatic carbocycles. The molecule has 138 valence electrons. The van der Waals surface area contributed by atoms with Crippen molar-refractivity contribution in [3.8, 4) is 0 Å². The Bertz CT molecular complexity index is 752. The third kappa shape index (κ3) is 3.68. The first-order valence-electron chi connectivity index (χ1n) is 9.62. The van der Waals surface area contributed by atoms with Crippen molar-refractivity contribution in [2.45, 2.75) is 39.0 Å². The fourth-order valence-corrected chi connectivity index (χ4v) is 3.97. The molecular formula is C23H29NO2. The van der Waals surface area contributed by atoms with Crippen LogP contribution in [0.4, 0.5) is 0 Å². The third-order valence-electron chi connectivity index (χ3n) is 5.60. The van der Waals surface area contributed by atoms with Gasteiger partial charge in [-0.25, -0.2) is 0 Å². The predicted molar refractivity (Wildman–Crippen MR) is 105 cm³/mol. The fourth-order valence-electron chi connectivity index (χ4n) is 3.97. The molecule has 26 heavy (non-hydrogen) atoms. The number of carbonyl (C=O) groups excluding carboxylic acids is 1. The molecular weight excluding hydrogens is 322 g/mol. The second-order valence-corrected chi connectivity index (χ2v) is 7.24. The van der Waals surface area contributed by atoms with Crippen LogP contribution in [0.5, 0.6) is 0 Å². The zero-order valence-electron chi connectivity index (χ0n) is 16.1. The standard InChI is InChI=1S/C23H29NO2/c1-4-24(5-2)13-14-26-22(25)23(21-9-7-6-8-10-21)16-19-12-11-18(3)15-20(19)17-23/h6-12,15H,4-5,13-14,16-17H2,1-3H3. The van der Waals surface area contributed by atoms with Crippen molar-refractivity contribution >= 4 is 5.97 Å². The van der Waals surface area contributed by atoms with Crippen LogP contribution in [0.25, 0.3) is 0 Å². The van der Waals surface area contributed by atoms with Crippen LogP contribution in [0.15, 0.2) is 48.5 Å². The molecule has 0 aromatic heterocycles. The molecule has 0 amide bonds. The second-order valence-electron chi connectivity index (χ2n) is 7.24. The number of benzene rings is 2. The maximum Gasteiger partial charge on any atom is 0.317 e. The molecule has 3 nitrogen and oxygen atoms in total. The highest BCUT2D eigenvalue weighted by atomic mass is 16.5. The number of rotatable bonds is 7. The van der Waals surface area contributed by atoms with E-state index in [9.17, 15) is 4.79 Å². The molecule has 0 heterocycles. The average molecular weight is 351 g/mol. The van der Waals surface area contributed by atoms with Crippen LogP contribution in [0.1, 0.15) is 36.1 Å².